The first-order valence-electron chi connectivity index (χ1n) is 11.7. The molecule has 0 aromatic heterocycles. The minimum Gasteiger partial charge on any atom is -0.490 e. The molecule has 34 heavy (non-hydrogen) atoms. The van der Waals surface area contributed by atoms with Gasteiger partial charge in [0, 0.05) is 29.3 Å². The second-order valence-corrected chi connectivity index (χ2v) is 8.63. The fourth-order valence-electron chi connectivity index (χ4n) is 4.96. The van der Waals surface area contributed by atoms with Gasteiger partial charge in [0.25, 0.3) is 0 Å². The maximum absolute atomic E-state index is 13.4. The second kappa shape index (κ2) is 9.56. The molecule has 0 spiro atoms. The van der Waals surface area contributed by atoms with Crippen molar-refractivity contribution in [3.05, 3.63) is 101 Å². The number of carbonyl (C=O) groups excluding carboxylic acids is 2. The maximum atomic E-state index is 13.4. The zero-order valence-corrected chi connectivity index (χ0v) is 19.2. The van der Waals surface area contributed by atoms with Crippen molar-refractivity contribution in [2.45, 2.75) is 32.1 Å². The Morgan fingerprint density at radius 1 is 0.941 bits per heavy atom. The van der Waals surface area contributed by atoms with Crippen molar-refractivity contribution in [3.63, 3.8) is 0 Å². The SMILES string of the molecule is CC1=C(C(=O)OCCOc2ccccc2)[C@H](c2cccc3ccccc23)C2=C(CCCC2=O)N1. The van der Waals surface area contributed by atoms with Crippen molar-refractivity contribution >= 4 is 22.5 Å². The van der Waals surface area contributed by atoms with E-state index in [0.717, 1.165) is 46.3 Å². The Balaban J connectivity index is 1.47. The summed E-state index contributed by atoms with van der Waals surface area (Å²) in [5.41, 5.74) is 3.80. The molecule has 172 valence electrons. The number of para-hydroxylation sites is 1. The highest BCUT2D eigenvalue weighted by molar-refractivity contribution is 6.05. The van der Waals surface area contributed by atoms with Gasteiger partial charge >= 0.3 is 5.97 Å². The monoisotopic (exact) mass is 453 g/mol. The van der Waals surface area contributed by atoms with Crippen molar-refractivity contribution in [2.75, 3.05) is 13.2 Å². The number of ketones is 1. The normalized spacial score (nSPS) is 17.9. The number of carbonyl (C=O) groups is 2. The molecule has 3 aromatic rings. The summed E-state index contributed by atoms with van der Waals surface area (Å²) in [7, 11) is 0. The minimum atomic E-state index is -0.460. The number of hydrogen-bond acceptors (Lipinski definition) is 5. The van der Waals surface area contributed by atoms with Gasteiger partial charge in [-0.05, 0) is 48.2 Å². The van der Waals surface area contributed by atoms with E-state index in [1.807, 2.05) is 79.7 Å². The van der Waals surface area contributed by atoms with Gasteiger partial charge in [-0.1, -0.05) is 60.7 Å². The first kappa shape index (κ1) is 22.0. The average molecular weight is 454 g/mol. The van der Waals surface area contributed by atoms with E-state index in [0.29, 0.717) is 17.6 Å². The number of ether oxygens (including phenoxy) is 2. The third-order valence-corrected chi connectivity index (χ3v) is 6.46. The van der Waals surface area contributed by atoms with Crippen LogP contribution in [0.2, 0.25) is 0 Å². The van der Waals surface area contributed by atoms with E-state index in [-0.39, 0.29) is 19.0 Å². The van der Waals surface area contributed by atoms with Gasteiger partial charge in [0.2, 0.25) is 0 Å². The second-order valence-electron chi connectivity index (χ2n) is 8.63. The summed E-state index contributed by atoms with van der Waals surface area (Å²) in [6.45, 7) is 2.26. The zero-order chi connectivity index (χ0) is 23.5. The molecule has 0 fully saturated rings. The van der Waals surface area contributed by atoms with E-state index in [4.69, 9.17) is 9.47 Å². The lowest BCUT2D eigenvalue weighted by atomic mass is 9.74. The van der Waals surface area contributed by atoms with Crippen LogP contribution in [0, 0.1) is 0 Å². The van der Waals surface area contributed by atoms with Gasteiger partial charge in [0.15, 0.2) is 5.78 Å². The summed E-state index contributed by atoms with van der Waals surface area (Å²) < 4.78 is 11.3. The van der Waals surface area contributed by atoms with Gasteiger partial charge in [-0.3, -0.25) is 4.79 Å². The van der Waals surface area contributed by atoms with Crippen molar-refractivity contribution in [2.24, 2.45) is 0 Å². The Kier molecular flexibility index (Phi) is 6.17. The van der Waals surface area contributed by atoms with E-state index in [2.05, 4.69) is 5.32 Å². The number of allylic oxidation sites excluding steroid dienone is 3. The van der Waals surface area contributed by atoms with Crippen molar-refractivity contribution in [1.82, 2.24) is 5.32 Å². The smallest absolute Gasteiger partial charge is 0.336 e. The average Bonchev–Trinajstić information content (AvgIpc) is 2.86. The molecule has 0 bridgehead atoms. The topological polar surface area (TPSA) is 64.6 Å². The standard InChI is InChI=1S/C29H27NO4/c1-19-26(29(32)34-18-17-33-21-11-3-2-4-12-21)27(28-24(30-19)15-8-16-25(28)31)23-14-7-10-20-9-5-6-13-22(20)23/h2-7,9-14,27,30H,8,15-18H2,1H3/t27-/m0/s1. The van der Waals surface area contributed by atoms with Crippen LogP contribution in [-0.4, -0.2) is 25.0 Å². The quantitative estimate of drug-likeness (QED) is 0.398. The fourth-order valence-corrected chi connectivity index (χ4v) is 4.96. The van der Waals surface area contributed by atoms with Gasteiger partial charge < -0.3 is 14.8 Å². The molecule has 5 rings (SSSR count). The van der Waals surface area contributed by atoms with Gasteiger partial charge in [0.1, 0.15) is 19.0 Å². The number of benzene rings is 3. The number of hydrogen-bond donors (Lipinski definition) is 1. The third-order valence-electron chi connectivity index (χ3n) is 6.46. The molecule has 5 nitrogen and oxygen atoms in total. The highest BCUT2D eigenvalue weighted by Gasteiger charge is 2.39. The molecule has 0 unspecified atom stereocenters. The summed E-state index contributed by atoms with van der Waals surface area (Å²) in [5.74, 6) is -0.0661. The van der Waals surface area contributed by atoms with Gasteiger partial charge in [-0.2, -0.15) is 0 Å². The summed E-state index contributed by atoms with van der Waals surface area (Å²) in [6.07, 6.45) is 2.11. The third kappa shape index (κ3) is 4.21. The van der Waals surface area contributed by atoms with Crippen molar-refractivity contribution in [1.29, 1.82) is 0 Å². The summed E-state index contributed by atoms with van der Waals surface area (Å²) in [4.78, 5) is 26.6. The number of nitrogens with one attached hydrogen (secondary N) is 1. The molecule has 0 amide bonds. The van der Waals surface area contributed by atoms with E-state index in [9.17, 15) is 9.59 Å². The Bertz CT molecular complexity index is 1300. The Labute approximate surface area is 199 Å². The summed E-state index contributed by atoms with van der Waals surface area (Å²) in [5, 5.41) is 5.46. The highest BCUT2D eigenvalue weighted by atomic mass is 16.6. The van der Waals surface area contributed by atoms with Gasteiger partial charge in [0.05, 0.1) is 5.57 Å². The van der Waals surface area contributed by atoms with Crippen LogP contribution >= 0.6 is 0 Å². The Hall–Kier alpha value is -3.86. The maximum Gasteiger partial charge on any atom is 0.336 e. The van der Waals surface area contributed by atoms with Crippen LogP contribution in [0.5, 0.6) is 5.75 Å². The number of rotatable bonds is 6. The molecule has 0 saturated carbocycles. The van der Waals surface area contributed by atoms with Crippen molar-refractivity contribution < 1.29 is 19.1 Å². The summed E-state index contributed by atoms with van der Waals surface area (Å²) >= 11 is 0. The molecule has 1 atom stereocenters. The Morgan fingerprint density at radius 2 is 1.71 bits per heavy atom. The molecular formula is C29H27NO4. The zero-order valence-electron chi connectivity index (χ0n) is 19.2. The molecule has 0 saturated heterocycles. The first-order valence-corrected chi connectivity index (χ1v) is 11.7. The lowest BCUT2D eigenvalue weighted by Gasteiger charge is -2.34. The van der Waals surface area contributed by atoms with Gasteiger partial charge in [-0.25, -0.2) is 4.79 Å². The van der Waals surface area contributed by atoms with Crippen LogP contribution in [0.4, 0.5) is 0 Å². The highest BCUT2D eigenvalue weighted by Crippen LogP contribution is 2.44. The molecule has 0 radical (unpaired) electrons. The van der Waals surface area contributed by atoms with Crippen molar-refractivity contribution in [3.8, 4) is 5.75 Å². The summed E-state index contributed by atoms with van der Waals surface area (Å²) in [6, 6.07) is 23.6. The van der Waals surface area contributed by atoms with Gasteiger partial charge in [-0.15, -0.1) is 0 Å². The molecular weight excluding hydrogens is 426 g/mol. The number of fused-ring (bicyclic) bond motifs is 1. The molecule has 1 heterocycles. The molecule has 1 aliphatic carbocycles. The van der Waals surface area contributed by atoms with Crippen LogP contribution in [0.25, 0.3) is 10.8 Å². The predicted octanol–water partition coefficient (Wildman–Crippen LogP) is 5.43. The number of esters is 1. The molecule has 5 heteroatoms. The van der Waals surface area contributed by atoms with E-state index in [1.165, 1.54) is 0 Å². The van der Waals surface area contributed by atoms with E-state index in [1.54, 1.807) is 0 Å². The van der Waals surface area contributed by atoms with E-state index < -0.39 is 11.9 Å². The largest absolute Gasteiger partial charge is 0.490 e. The Morgan fingerprint density at radius 3 is 2.56 bits per heavy atom. The predicted molar refractivity (Wildman–Crippen MR) is 131 cm³/mol. The van der Waals surface area contributed by atoms with Crippen LogP contribution in [0.15, 0.2) is 95.3 Å². The lowest BCUT2D eigenvalue weighted by Crippen LogP contribution is -2.34. The van der Waals surface area contributed by atoms with Crippen LogP contribution in [-0.2, 0) is 14.3 Å². The number of dihydropyridines is 1. The van der Waals surface area contributed by atoms with Crippen LogP contribution < -0.4 is 10.1 Å². The van der Waals surface area contributed by atoms with E-state index >= 15 is 0 Å². The minimum absolute atomic E-state index is 0.0943. The first-order chi connectivity index (χ1) is 16.6. The molecule has 1 N–H and O–H groups in total. The van der Waals surface area contributed by atoms with Crippen LogP contribution in [0.3, 0.4) is 0 Å². The number of Topliss-reactive ketones (excluding diaryl/α,β-unsaturated/α-hetero) is 1. The lowest BCUT2D eigenvalue weighted by molar-refractivity contribution is -0.140. The fraction of sp³-hybridized carbons (Fsp3) is 0.241. The molecule has 2 aliphatic rings. The molecule has 3 aromatic carbocycles. The van der Waals surface area contributed by atoms with Crippen LogP contribution in [0.1, 0.15) is 37.7 Å². The molecule has 1 aliphatic heterocycles.